The largest absolute Gasteiger partial charge is 0.370 e. The number of nitrogens with zero attached hydrogens (tertiary/aromatic N) is 2. The Hall–Kier alpha value is -1.61. The molecule has 1 aromatic rings. The van der Waals surface area contributed by atoms with Crippen LogP contribution in [0.1, 0.15) is 29.6 Å². The number of carbonyl (C=O) groups is 1. The van der Waals surface area contributed by atoms with Crippen LogP contribution in [0.2, 0.25) is 0 Å². The second-order valence-corrected chi connectivity index (χ2v) is 12.2. The van der Waals surface area contributed by atoms with Gasteiger partial charge in [-0.25, -0.2) is 16.8 Å². The molecule has 27 heavy (non-hydrogen) atoms. The summed E-state index contributed by atoms with van der Waals surface area (Å²) >= 11 is 0. The van der Waals surface area contributed by atoms with Crippen LogP contribution in [0.5, 0.6) is 0 Å². The Morgan fingerprint density at radius 2 is 1.37 bits per heavy atom. The molecule has 0 bridgehead atoms. The molecule has 7 nitrogen and oxygen atoms in total. The van der Waals surface area contributed by atoms with Crippen LogP contribution in [0.25, 0.3) is 0 Å². The van der Waals surface area contributed by atoms with Gasteiger partial charge in [0.1, 0.15) is 9.84 Å². The van der Waals surface area contributed by atoms with Gasteiger partial charge in [0.2, 0.25) is 0 Å². The van der Waals surface area contributed by atoms with E-state index in [-0.39, 0.29) is 16.4 Å². The molecule has 0 radical (unpaired) electrons. The number of sulfone groups is 2. The first kappa shape index (κ1) is 20.1. The number of carbonyl (C=O) groups excluding carboxylic acids is 1. The highest BCUT2D eigenvalue weighted by Gasteiger charge is 2.31. The maximum Gasteiger partial charge on any atom is 0.253 e. The quantitative estimate of drug-likeness (QED) is 0.729. The fraction of sp³-hybridized carbons (Fsp3) is 0.611. The molecule has 1 atom stereocenters. The van der Waals surface area contributed by atoms with E-state index >= 15 is 0 Å². The molecule has 0 spiro atoms. The molecule has 1 aromatic carbocycles. The van der Waals surface area contributed by atoms with Crippen molar-refractivity contribution < 1.29 is 21.6 Å². The Morgan fingerprint density at radius 1 is 0.852 bits per heavy atom. The Kier molecular flexibility index (Phi) is 5.54. The highest BCUT2D eigenvalue weighted by Crippen LogP contribution is 2.25. The molecule has 2 fully saturated rings. The van der Waals surface area contributed by atoms with Crippen molar-refractivity contribution >= 4 is 31.3 Å². The van der Waals surface area contributed by atoms with Crippen LogP contribution >= 0.6 is 0 Å². The fourth-order valence-electron chi connectivity index (χ4n) is 3.80. The normalized spacial score (nSPS) is 22.2. The van der Waals surface area contributed by atoms with Crippen molar-refractivity contribution in [1.82, 2.24) is 4.90 Å². The molecule has 0 N–H and O–H groups in total. The summed E-state index contributed by atoms with van der Waals surface area (Å²) in [7, 11) is -6.10. The van der Waals surface area contributed by atoms with Crippen molar-refractivity contribution in [2.75, 3.05) is 43.6 Å². The van der Waals surface area contributed by atoms with Gasteiger partial charge in [-0.3, -0.25) is 4.79 Å². The molecular formula is C18H26N2O5S2. The Bertz CT molecular complexity index is 902. The van der Waals surface area contributed by atoms with Crippen LogP contribution < -0.4 is 4.90 Å². The van der Waals surface area contributed by atoms with Crippen molar-refractivity contribution in [1.29, 1.82) is 0 Å². The monoisotopic (exact) mass is 414 g/mol. The van der Waals surface area contributed by atoms with Crippen LogP contribution in [0.4, 0.5) is 5.69 Å². The second-order valence-electron chi connectivity index (χ2n) is 7.55. The minimum absolute atomic E-state index is 0.0936. The number of benzene rings is 1. The zero-order valence-corrected chi connectivity index (χ0v) is 17.3. The first-order valence-corrected chi connectivity index (χ1v) is 13.0. The zero-order chi connectivity index (χ0) is 19.8. The van der Waals surface area contributed by atoms with E-state index in [1.807, 2.05) is 17.0 Å². The smallest absolute Gasteiger partial charge is 0.253 e. The van der Waals surface area contributed by atoms with Gasteiger partial charge in [-0.2, -0.15) is 0 Å². The van der Waals surface area contributed by atoms with Gasteiger partial charge >= 0.3 is 0 Å². The van der Waals surface area contributed by atoms with Crippen molar-refractivity contribution in [3.63, 3.8) is 0 Å². The zero-order valence-electron chi connectivity index (χ0n) is 15.7. The lowest BCUT2D eigenvalue weighted by molar-refractivity contribution is 0.0725. The number of anilines is 1. The summed E-state index contributed by atoms with van der Waals surface area (Å²) < 4.78 is 46.7. The maximum absolute atomic E-state index is 12.7. The fourth-order valence-corrected chi connectivity index (χ4v) is 5.85. The molecule has 1 amide bonds. The number of piperidine rings is 1. The average molecular weight is 415 g/mol. The molecular weight excluding hydrogens is 388 g/mol. The molecule has 2 heterocycles. The van der Waals surface area contributed by atoms with Gasteiger partial charge < -0.3 is 9.80 Å². The van der Waals surface area contributed by atoms with Gasteiger partial charge in [-0.15, -0.1) is 0 Å². The number of hydrogen-bond acceptors (Lipinski definition) is 6. The SMILES string of the molecule is CS(=O)(=O)C1CCN(C(=O)c2ccc(N3CCC(S(C)(=O)=O)C3)cc2)CC1. The Balaban J connectivity index is 1.62. The first-order valence-electron chi connectivity index (χ1n) is 9.08. The van der Waals surface area contributed by atoms with Crippen molar-refractivity contribution in [2.45, 2.75) is 29.8 Å². The van der Waals surface area contributed by atoms with Gasteiger partial charge in [0.25, 0.3) is 5.91 Å². The second kappa shape index (κ2) is 7.43. The van der Waals surface area contributed by atoms with Crippen LogP contribution in [0, 0.1) is 0 Å². The predicted octanol–water partition coefficient (Wildman–Crippen LogP) is 0.959. The van der Waals surface area contributed by atoms with Crippen molar-refractivity contribution in [3.05, 3.63) is 29.8 Å². The number of hydrogen-bond donors (Lipinski definition) is 0. The third-order valence-corrected chi connectivity index (χ3v) is 8.84. The molecule has 0 aliphatic carbocycles. The molecule has 0 saturated carbocycles. The van der Waals surface area contributed by atoms with E-state index in [1.54, 1.807) is 17.0 Å². The lowest BCUT2D eigenvalue weighted by Crippen LogP contribution is -2.42. The number of likely N-dealkylation sites (tertiary alicyclic amines) is 1. The predicted molar refractivity (Wildman–Crippen MR) is 106 cm³/mol. The topological polar surface area (TPSA) is 91.8 Å². The van der Waals surface area contributed by atoms with E-state index in [2.05, 4.69) is 0 Å². The summed E-state index contributed by atoms with van der Waals surface area (Å²) in [6, 6.07) is 7.21. The van der Waals surface area contributed by atoms with Crippen molar-refractivity contribution in [2.24, 2.45) is 0 Å². The van der Waals surface area contributed by atoms with Crippen LogP contribution in [-0.4, -0.2) is 76.8 Å². The summed E-state index contributed by atoms with van der Waals surface area (Å²) in [6.07, 6.45) is 4.10. The van der Waals surface area contributed by atoms with E-state index in [4.69, 9.17) is 0 Å². The van der Waals surface area contributed by atoms with E-state index < -0.39 is 19.7 Å². The van der Waals surface area contributed by atoms with E-state index in [1.165, 1.54) is 12.5 Å². The average Bonchev–Trinajstić information content (AvgIpc) is 3.11. The lowest BCUT2D eigenvalue weighted by atomic mass is 10.1. The third kappa shape index (κ3) is 4.63. The molecule has 2 aliphatic heterocycles. The van der Waals surface area contributed by atoms with E-state index in [9.17, 15) is 21.6 Å². The van der Waals surface area contributed by atoms with Gasteiger partial charge in [0.15, 0.2) is 9.84 Å². The lowest BCUT2D eigenvalue weighted by Gasteiger charge is -2.31. The minimum Gasteiger partial charge on any atom is -0.370 e. The number of rotatable bonds is 4. The highest BCUT2D eigenvalue weighted by atomic mass is 32.2. The van der Waals surface area contributed by atoms with Crippen LogP contribution in [0.15, 0.2) is 24.3 Å². The molecule has 2 saturated heterocycles. The molecule has 0 aromatic heterocycles. The molecule has 1 unspecified atom stereocenters. The van der Waals surface area contributed by atoms with Crippen LogP contribution in [0.3, 0.4) is 0 Å². The number of amides is 1. The van der Waals surface area contributed by atoms with Crippen LogP contribution in [-0.2, 0) is 19.7 Å². The van der Waals surface area contributed by atoms with Gasteiger partial charge in [0.05, 0.1) is 10.5 Å². The molecule has 150 valence electrons. The third-order valence-electron chi connectivity index (χ3n) is 5.56. The summed E-state index contributed by atoms with van der Waals surface area (Å²) in [4.78, 5) is 16.4. The summed E-state index contributed by atoms with van der Waals surface area (Å²) in [5.41, 5.74) is 1.48. The molecule has 3 rings (SSSR count). The first-order chi connectivity index (χ1) is 12.6. The van der Waals surface area contributed by atoms with Crippen molar-refractivity contribution in [3.8, 4) is 0 Å². The standard InChI is InChI=1S/C18H26N2O5S2/c1-26(22,23)16-7-10-19(11-8-16)18(21)14-3-5-15(6-4-14)20-12-9-17(13-20)27(2,24)25/h3-6,16-17H,7-13H2,1-2H3. The molecule has 2 aliphatic rings. The maximum atomic E-state index is 12.7. The van der Waals surface area contributed by atoms with E-state index in [0.717, 1.165) is 5.69 Å². The highest BCUT2D eigenvalue weighted by molar-refractivity contribution is 7.91. The van der Waals surface area contributed by atoms with Gasteiger partial charge in [-0.05, 0) is 43.5 Å². The Labute approximate surface area is 161 Å². The molecule has 9 heteroatoms. The van der Waals surface area contributed by atoms with Gasteiger partial charge in [0, 0.05) is 49.9 Å². The summed E-state index contributed by atoms with van der Waals surface area (Å²) in [5.74, 6) is -0.0936. The van der Waals surface area contributed by atoms with Gasteiger partial charge in [-0.1, -0.05) is 0 Å². The summed E-state index contributed by atoms with van der Waals surface area (Å²) in [5, 5.41) is -0.697. The Morgan fingerprint density at radius 3 is 1.85 bits per heavy atom. The summed E-state index contributed by atoms with van der Waals surface area (Å²) in [6.45, 7) is 2.05. The minimum atomic E-state index is -3.06. The van der Waals surface area contributed by atoms with E-state index in [0.29, 0.717) is 51.0 Å².